The van der Waals surface area contributed by atoms with Crippen LogP contribution in [0.1, 0.15) is 24.8 Å². The minimum absolute atomic E-state index is 0.0663. The van der Waals surface area contributed by atoms with Crippen molar-refractivity contribution in [1.29, 1.82) is 0 Å². The monoisotopic (exact) mass is 328 g/mol. The maximum absolute atomic E-state index is 12.3. The second kappa shape index (κ2) is 7.57. The summed E-state index contributed by atoms with van der Waals surface area (Å²) in [4.78, 5) is 28.6. The summed E-state index contributed by atoms with van der Waals surface area (Å²) in [6.45, 7) is 3.91. The quantitative estimate of drug-likeness (QED) is 0.834. The molecule has 0 saturated carbocycles. The minimum Gasteiger partial charge on any atom is -0.340 e. The molecule has 24 heavy (non-hydrogen) atoms. The van der Waals surface area contributed by atoms with Crippen LogP contribution in [0.2, 0.25) is 0 Å². The van der Waals surface area contributed by atoms with E-state index in [0.29, 0.717) is 6.54 Å². The Bertz CT molecular complexity index is 621. The zero-order valence-corrected chi connectivity index (χ0v) is 14.1. The van der Waals surface area contributed by atoms with Crippen LogP contribution in [-0.2, 0) is 9.59 Å². The molecule has 1 saturated heterocycles. The molecule has 0 aliphatic carbocycles. The Balaban J connectivity index is 1.49. The van der Waals surface area contributed by atoms with Crippen molar-refractivity contribution in [2.75, 3.05) is 39.8 Å². The molecule has 0 unspecified atom stereocenters. The molecule has 2 heterocycles. The molecule has 0 aromatic heterocycles. The van der Waals surface area contributed by atoms with E-state index in [1.165, 1.54) is 5.01 Å². The Kier molecular flexibility index (Phi) is 5.25. The van der Waals surface area contributed by atoms with Gasteiger partial charge in [-0.05, 0) is 12.6 Å². The normalized spacial score (nSPS) is 18.6. The topological polar surface area (TPSA) is 56.2 Å². The van der Waals surface area contributed by atoms with E-state index in [2.05, 4.69) is 17.0 Å². The van der Waals surface area contributed by atoms with Gasteiger partial charge in [-0.25, -0.2) is 5.01 Å². The number of benzene rings is 1. The van der Waals surface area contributed by atoms with Crippen molar-refractivity contribution < 1.29 is 9.59 Å². The lowest BCUT2D eigenvalue weighted by Crippen LogP contribution is -2.47. The molecule has 6 heteroatoms. The fraction of sp³-hybridized carbons (Fsp3) is 0.500. The van der Waals surface area contributed by atoms with E-state index in [1.807, 2.05) is 35.2 Å². The van der Waals surface area contributed by atoms with Gasteiger partial charge < -0.3 is 9.80 Å². The molecule has 0 bridgehead atoms. The average Bonchev–Trinajstić information content (AvgIpc) is 3.11. The highest BCUT2D eigenvalue weighted by Crippen LogP contribution is 2.15. The van der Waals surface area contributed by atoms with Gasteiger partial charge in [-0.1, -0.05) is 30.3 Å². The summed E-state index contributed by atoms with van der Waals surface area (Å²) in [5, 5.41) is 5.94. The number of carbonyl (C=O) groups excluding carboxylic acids is 2. The van der Waals surface area contributed by atoms with Gasteiger partial charge in [0.05, 0.1) is 12.3 Å². The molecular formula is C18H24N4O2. The van der Waals surface area contributed by atoms with E-state index < -0.39 is 0 Å². The van der Waals surface area contributed by atoms with Crippen LogP contribution < -0.4 is 0 Å². The predicted molar refractivity (Wildman–Crippen MR) is 92.6 cm³/mol. The number of amides is 2. The Morgan fingerprint density at radius 3 is 2.33 bits per heavy atom. The maximum Gasteiger partial charge on any atom is 0.243 e. The Morgan fingerprint density at radius 1 is 0.958 bits per heavy atom. The lowest BCUT2D eigenvalue weighted by Gasteiger charge is -2.32. The van der Waals surface area contributed by atoms with E-state index in [-0.39, 0.29) is 24.7 Å². The molecular weight excluding hydrogens is 304 g/mol. The zero-order chi connectivity index (χ0) is 16.9. The Labute approximate surface area is 142 Å². The lowest BCUT2D eigenvalue weighted by atomic mass is 10.1. The molecule has 0 radical (unpaired) electrons. The van der Waals surface area contributed by atoms with Crippen LogP contribution in [0.15, 0.2) is 35.4 Å². The summed E-state index contributed by atoms with van der Waals surface area (Å²) in [7, 11) is 2.06. The number of piperazine rings is 1. The molecule has 1 fully saturated rings. The lowest BCUT2D eigenvalue weighted by molar-refractivity contribution is -0.137. The number of hydrazone groups is 1. The van der Waals surface area contributed by atoms with Crippen molar-refractivity contribution in [2.24, 2.45) is 5.10 Å². The van der Waals surface area contributed by atoms with Gasteiger partial charge in [0.25, 0.3) is 0 Å². The van der Waals surface area contributed by atoms with Crippen molar-refractivity contribution >= 4 is 17.5 Å². The third kappa shape index (κ3) is 4.00. The number of likely N-dealkylation sites (N-methyl/N-ethyl adjacent to an activating group) is 1. The van der Waals surface area contributed by atoms with Gasteiger partial charge in [0.1, 0.15) is 0 Å². The SMILES string of the molecule is CN1CCN(C(=O)CCC(=O)N2CCC(c3ccccc3)=N2)CC1. The van der Waals surface area contributed by atoms with E-state index in [0.717, 1.165) is 43.9 Å². The molecule has 1 aromatic rings. The Hall–Kier alpha value is -2.21. The molecule has 2 amide bonds. The zero-order valence-electron chi connectivity index (χ0n) is 14.1. The predicted octanol–water partition coefficient (Wildman–Crippen LogP) is 1.18. The van der Waals surface area contributed by atoms with Gasteiger partial charge in [0.15, 0.2) is 0 Å². The average molecular weight is 328 g/mol. The third-order valence-electron chi connectivity index (χ3n) is 4.61. The number of hydrogen-bond donors (Lipinski definition) is 0. The van der Waals surface area contributed by atoms with Gasteiger partial charge in [0, 0.05) is 45.4 Å². The summed E-state index contributed by atoms with van der Waals surface area (Å²) in [5.41, 5.74) is 2.00. The van der Waals surface area contributed by atoms with Crippen molar-refractivity contribution in [1.82, 2.24) is 14.8 Å². The van der Waals surface area contributed by atoms with E-state index in [9.17, 15) is 9.59 Å². The summed E-state index contributed by atoms with van der Waals surface area (Å²) in [6.07, 6.45) is 1.27. The number of carbonyl (C=O) groups is 2. The maximum atomic E-state index is 12.3. The largest absolute Gasteiger partial charge is 0.340 e. The molecule has 2 aliphatic rings. The summed E-state index contributed by atoms with van der Waals surface area (Å²) < 4.78 is 0. The van der Waals surface area contributed by atoms with Crippen LogP contribution in [-0.4, -0.2) is 72.1 Å². The summed E-state index contributed by atoms with van der Waals surface area (Å²) >= 11 is 0. The molecule has 2 aliphatic heterocycles. The number of hydrogen-bond acceptors (Lipinski definition) is 4. The first-order valence-corrected chi connectivity index (χ1v) is 8.53. The minimum atomic E-state index is -0.0663. The first-order chi connectivity index (χ1) is 11.6. The highest BCUT2D eigenvalue weighted by molar-refractivity contribution is 6.02. The molecule has 3 rings (SSSR count). The van der Waals surface area contributed by atoms with E-state index in [1.54, 1.807) is 0 Å². The van der Waals surface area contributed by atoms with Gasteiger partial charge in [0.2, 0.25) is 11.8 Å². The van der Waals surface area contributed by atoms with Crippen LogP contribution in [0.3, 0.4) is 0 Å². The van der Waals surface area contributed by atoms with E-state index >= 15 is 0 Å². The fourth-order valence-electron chi connectivity index (χ4n) is 3.03. The molecule has 0 N–H and O–H groups in total. The van der Waals surface area contributed by atoms with Gasteiger partial charge in [-0.2, -0.15) is 5.10 Å². The molecule has 128 valence electrons. The van der Waals surface area contributed by atoms with Gasteiger partial charge in [-0.3, -0.25) is 9.59 Å². The molecule has 6 nitrogen and oxygen atoms in total. The number of rotatable bonds is 4. The highest BCUT2D eigenvalue weighted by Gasteiger charge is 2.24. The summed E-state index contributed by atoms with van der Waals surface area (Å²) in [5.74, 6) is 0.00585. The Morgan fingerprint density at radius 2 is 1.62 bits per heavy atom. The molecule has 0 spiro atoms. The van der Waals surface area contributed by atoms with Gasteiger partial charge >= 0.3 is 0 Å². The van der Waals surface area contributed by atoms with Crippen LogP contribution in [0.4, 0.5) is 0 Å². The standard InChI is InChI=1S/C18H24N4O2/c1-20-11-13-21(14-12-20)17(23)7-8-18(24)22-10-9-16(19-22)15-5-3-2-4-6-15/h2-6H,7-14H2,1H3. The summed E-state index contributed by atoms with van der Waals surface area (Å²) in [6, 6.07) is 9.91. The second-order valence-electron chi connectivity index (χ2n) is 6.36. The van der Waals surface area contributed by atoms with Crippen molar-refractivity contribution in [3.63, 3.8) is 0 Å². The van der Waals surface area contributed by atoms with Crippen LogP contribution >= 0.6 is 0 Å². The second-order valence-corrected chi connectivity index (χ2v) is 6.36. The van der Waals surface area contributed by atoms with E-state index in [4.69, 9.17) is 0 Å². The molecule has 1 aromatic carbocycles. The van der Waals surface area contributed by atoms with Gasteiger partial charge in [-0.15, -0.1) is 0 Å². The third-order valence-corrected chi connectivity index (χ3v) is 4.61. The fourth-order valence-corrected chi connectivity index (χ4v) is 3.03. The van der Waals surface area contributed by atoms with Crippen LogP contribution in [0.25, 0.3) is 0 Å². The highest BCUT2D eigenvalue weighted by atomic mass is 16.2. The van der Waals surface area contributed by atoms with Crippen LogP contribution in [0.5, 0.6) is 0 Å². The molecule has 0 atom stereocenters. The smallest absolute Gasteiger partial charge is 0.243 e. The first-order valence-electron chi connectivity index (χ1n) is 8.53. The number of nitrogens with zero attached hydrogens (tertiary/aromatic N) is 4. The van der Waals surface area contributed by atoms with Crippen molar-refractivity contribution in [2.45, 2.75) is 19.3 Å². The van der Waals surface area contributed by atoms with Crippen molar-refractivity contribution in [3.8, 4) is 0 Å². The van der Waals surface area contributed by atoms with Crippen LogP contribution in [0, 0.1) is 0 Å². The van der Waals surface area contributed by atoms with Crippen molar-refractivity contribution in [3.05, 3.63) is 35.9 Å². The first kappa shape index (κ1) is 16.6.